The minimum Gasteiger partial charge on any atom is -0.492 e. The highest BCUT2D eigenvalue weighted by atomic mass is 35.5. The summed E-state index contributed by atoms with van der Waals surface area (Å²) in [6, 6.07) is 5.09. The molecule has 2 rings (SSSR count). The molecule has 2 atom stereocenters. The second-order valence-corrected chi connectivity index (χ2v) is 5.55. The fourth-order valence-electron chi connectivity index (χ4n) is 2.39. The van der Waals surface area contributed by atoms with Crippen LogP contribution in [0.4, 0.5) is 4.79 Å². The van der Waals surface area contributed by atoms with Crippen molar-refractivity contribution < 1.29 is 14.6 Å². The molecule has 1 aromatic carbocycles. The van der Waals surface area contributed by atoms with E-state index in [1.807, 2.05) is 19.1 Å². The van der Waals surface area contributed by atoms with Gasteiger partial charge in [0.25, 0.3) is 0 Å². The number of rotatable bonds is 5. The Hall–Kier alpha value is -1.46. The summed E-state index contributed by atoms with van der Waals surface area (Å²) in [6.45, 7) is 2.76. The Morgan fingerprint density at radius 2 is 2.38 bits per heavy atom. The van der Waals surface area contributed by atoms with Crippen molar-refractivity contribution in [3.63, 3.8) is 0 Å². The van der Waals surface area contributed by atoms with E-state index in [9.17, 15) is 9.90 Å². The van der Waals surface area contributed by atoms with Crippen molar-refractivity contribution in [3.8, 4) is 5.75 Å². The summed E-state index contributed by atoms with van der Waals surface area (Å²) in [7, 11) is 0. The molecule has 116 valence electrons. The van der Waals surface area contributed by atoms with Crippen LogP contribution in [0, 0.1) is 0 Å². The second kappa shape index (κ2) is 7.52. The largest absolute Gasteiger partial charge is 0.492 e. The van der Waals surface area contributed by atoms with Crippen molar-refractivity contribution in [1.82, 2.24) is 10.6 Å². The molecule has 0 aromatic heterocycles. The SMILES string of the molecule is CCCC(O)CNC(=O)NC1CCOc2c(Cl)cccc21. The quantitative estimate of drug-likeness (QED) is 0.782. The Kier molecular flexibility index (Phi) is 5.70. The molecule has 0 aliphatic carbocycles. The van der Waals surface area contributed by atoms with E-state index in [0.29, 0.717) is 30.2 Å². The number of nitrogens with one attached hydrogen (secondary N) is 2. The van der Waals surface area contributed by atoms with E-state index < -0.39 is 6.10 Å². The molecule has 3 N–H and O–H groups in total. The third-order valence-electron chi connectivity index (χ3n) is 3.45. The van der Waals surface area contributed by atoms with Crippen LogP contribution in [0.25, 0.3) is 0 Å². The van der Waals surface area contributed by atoms with E-state index in [-0.39, 0.29) is 18.6 Å². The standard InChI is InChI=1S/C15H21ClN2O3/c1-2-4-10(19)9-17-15(20)18-13-7-8-21-14-11(13)5-3-6-12(14)16/h3,5-6,10,13,19H,2,4,7-9H2,1H3,(H2,17,18,20). The summed E-state index contributed by atoms with van der Waals surface area (Å²) in [5.74, 6) is 0.640. The molecule has 1 heterocycles. The molecule has 0 fully saturated rings. The number of aliphatic hydroxyl groups is 1. The number of hydrogen-bond donors (Lipinski definition) is 3. The average molecular weight is 313 g/mol. The molecule has 0 bridgehead atoms. The first-order chi connectivity index (χ1) is 10.1. The highest BCUT2D eigenvalue weighted by Gasteiger charge is 2.24. The van der Waals surface area contributed by atoms with Crippen molar-refractivity contribution in [2.75, 3.05) is 13.2 Å². The molecule has 2 unspecified atom stereocenters. The number of halogens is 1. The third kappa shape index (κ3) is 4.25. The Morgan fingerprint density at radius 3 is 3.14 bits per heavy atom. The van der Waals surface area contributed by atoms with E-state index in [0.717, 1.165) is 12.0 Å². The van der Waals surface area contributed by atoms with Crippen LogP contribution in [0.1, 0.15) is 37.8 Å². The zero-order chi connectivity index (χ0) is 15.2. The highest BCUT2D eigenvalue weighted by Crippen LogP contribution is 2.37. The van der Waals surface area contributed by atoms with Gasteiger partial charge in [-0.05, 0) is 12.5 Å². The minimum absolute atomic E-state index is 0.129. The van der Waals surface area contributed by atoms with Gasteiger partial charge in [-0.2, -0.15) is 0 Å². The molecule has 0 saturated heterocycles. The summed E-state index contributed by atoms with van der Waals surface area (Å²) in [4.78, 5) is 11.9. The van der Waals surface area contributed by atoms with Gasteiger partial charge in [-0.3, -0.25) is 0 Å². The number of fused-ring (bicyclic) bond motifs is 1. The van der Waals surface area contributed by atoms with Gasteiger partial charge in [-0.15, -0.1) is 0 Å². The topological polar surface area (TPSA) is 70.6 Å². The first-order valence-electron chi connectivity index (χ1n) is 7.25. The van der Waals surface area contributed by atoms with Crippen LogP contribution in [-0.4, -0.2) is 30.4 Å². The summed E-state index contributed by atoms with van der Waals surface area (Å²) in [5, 5.41) is 15.8. The van der Waals surface area contributed by atoms with E-state index in [4.69, 9.17) is 16.3 Å². The summed E-state index contributed by atoms with van der Waals surface area (Å²) in [5.41, 5.74) is 0.887. The monoisotopic (exact) mass is 312 g/mol. The number of carbonyl (C=O) groups excluding carboxylic acids is 1. The Morgan fingerprint density at radius 1 is 1.57 bits per heavy atom. The first kappa shape index (κ1) is 15.9. The van der Waals surface area contributed by atoms with Gasteiger partial charge in [0, 0.05) is 18.5 Å². The predicted octanol–water partition coefficient (Wildman–Crippen LogP) is 2.62. The molecule has 0 saturated carbocycles. The van der Waals surface area contributed by atoms with Crippen LogP contribution < -0.4 is 15.4 Å². The fourth-order valence-corrected chi connectivity index (χ4v) is 2.63. The number of urea groups is 1. The van der Waals surface area contributed by atoms with E-state index >= 15 is 0 Å². The number of carbonyl (C=O) groups is 1. The minimum atomic E-state index is -0.503. The summed E-state index contributed by atoms with van der Waals surface area (Å²) in [6.07, 6.45) is 1.75. The first-order valence-corrected chi connectivity index (χ1v) is 7.63. The smallest absolute Gasteiger partial charge is 0.315 e. The van der Waals surface area contributed by atoms with Gasteiger partial charge in [-0.25, -0.2) is 4.79 Å². The molecular weight excluding hydrogens is 292 g/mol. The van der Waals surface area contributed by atoms with E-state index in [1.165, 1.54) is 0 Å². The lowest BCUT2D eigenvalue weighted by atomic mass is 10.0. The van der Waals surface area contributed by atoms with Crippen LogP contribution in [0.5, 0.6) is 5.75 Å². The number of aliphatic hydroxyl groups excluding tert-OH is 1. The Labute approximate surface area is 129 Å². The highest BCUT2D eigenvalue weighted by molar-refractivity contribution is 6.32. The lowest BCUT2D eigenvalue weighted by molar-refractivity contribution is 0.159. The van der Waals surface area contributed by atoms with Gasteiger partial charge in [-0.1, -0.05) is 37.1 Å². The van der Waals surface area contributed by atoms with Crippen LogP contribution in [-0.2, 0) is 0 Å². The van der Waals surface area contributed by atoms with Gasteiger partial charge in [0.15, 0.2) is 0 Å². The second-order valence-electron chi connectivity index (χ2n) is 5.14. The number of benzene rings is 1. The number of para-hydroxylation sites is 1. The maximum Gasteiger partial charge on any atom is 0.315 e. The van der Waals surface area contributed by atoms with Gasteiger partial charge in [0.05, 0.1) is 23.8 Å². The molecular formula is C15H21ClN2O3. The number of ether oxygens (including phenoxy) is 1. The molecule has 0 spiro atoms. The van der Waals surface area contributed by atoms with Gasteiger partial charge >= 0.3 is 6.03 Å². The van der Waals surface area contributed by atoms with Crippen LogP contribution >= 0.6 is 11.6 Å². The fraction of sp³-hybridized carbons (Fsp3) is 0.533. The molecule has 1 aliphatic rings. The summed E-state index contributed by atoms with van der Waals surface area (Å²) >= 11 is 6.10. The van der Waals surface area contributed by atoms with Crippen molar-refractivity contribution in [2.45, 2.75) is 38.3 Å². The van der Waals surface area contributed by atoms with Crippen LogP contribution in [0.15, 0.2) is 18.2 Å². The zero-order valence-corrected chi connectivity index (χ0v) is 12.8. The number of hydrogen-bond acceptors (Lipinski definition) is 3. The molecule has 6 heteroatoms. The van der Waals surface area contributed by atoms with E-state index in [2.05, 4.69) is 10.6 Å². The number of amides is 2. The zero-order valence-electron chi connectivity index (χ0n) is 12.1. The predicted molar refractivity (Wildman–Crippen MR) is 81.8 cm³/mol. The van der Waals surface area contributed by atoms with Crippen molar-refractivity contribution >= 4 is 17.6 Å². The summed E-state index contributed by atoms with van der Waals surface area (Å²) < 4.78 is 5.55. The molecule has 2 amide bonds. The van der Waals surface area contributed by atoms with Gasteiger partial charge < -0.3 is 20.5 Å². The average Bonchev–Trinajstić information content (AvgIpc) is 2.47. The van der Waals surface area contributed by atoms with Crippen molar-refractivity contribution in [3.05, 3.63) is 28.8 Å². The molecule has 5 nitrogen and oxygen atoms in total. The van der Waals surface area contributed by atoms with Gasteiger partial charge in [0.1, 0.15) is 5.75 Å². The Balaban J connectivity index is 1.92. The normalized spacial score (nSPS) is 18.3. The van der Waals surface area contributed by atoms with Crippen molar-refractivity contribution in [1.29, 1.82) is 0 Å². The van der Waals surface area contributed by atoms with Crippen LogP contribution in [0.2, 0.25) is 5.02 Å². The molecule has 21 heavy (non-hydrogen) atoms. The van der Waals surface area contributed by atoms with E-state index in [1.54, 1.807) is 6.07 Å². The lowest BCUT2D eigenvalue weighted by Gasteiger charge is -2.27. The van der Waals surface area contributed by atoms with Crippen molar-refractivity contribution in [2.24, 2.45) is 0 Å². The molecule has 1 aliphatic heterocycles. The Bertz CT molecular complexity index is 496. The third-order valence-corrected chi connectivity index (χ3v) is 3.75. The molecule has 0 radical (unpaired) electrons. The molecule has 1 aromatic rings. The maximum absolute atomic E-state index is 11.9. The van der Waals surface area contributed by atoms with Gasteiger partial charge in [0.2, 0.25) is 0 Å². The maximum atomic E-state index is 11.9. The van der Waals surface area contributed by atoms with Crippen LogP contribution in [0.3, 0.4) is 0 Å². The lowest BCUT2D eigenvalue weighted by Crippen LogP contribution is -2.42.